The van der Waals surface area contributed by atoms with Gasteiger partial charge in [-0.05, 0) is 42.8 Å². The quantitative estimate of drug-likeness (QED) is 0.459. The molecule has 0 aliphatic carbocycles. The van der Waals surface area contributed by atoms with Crippen molar-refractivity contribution in [3.63, 3.8) is 0 Å². The fourth-order valence-corrected chi connectivity index (χ4v) is 2.77. The van der Waals surface area contributed by atoms with Crippen molar-refractivity contribution in [2.45, 2.75) is 6.92 Å². The Morgan fingerprint density at radius 1 is 1.15 bits per heavy atom. The molecule has 140 valence electrons. The monoisotopic (exact) mass is 367 g/mol. The van der Waals surface area contributed by atoms with Crippen LogP contribution in [-0.2, 0) is 9.53 Å². The summed E-state index contributed by atoms with van der Waals surface area (Å²) in [6, 6.07) is 11.0. The van der Waals surface area contributed by atoms with E-state index in [1.165, 1.54) is 7.11 Å². The number of ketones is 1. The summed E-state index contributed by atoms with van der Waals surface area (Å²) in [5, 5.41) is 0. The van der Waals surface area contributed by atoms with Crippen molar-refractivity contribution < 1.29 is 23.8 Å². The minimum absolute atomic E-state index is 0.148. The van der Waals surface area contributed by atoms with Gasteiger partial charge in [-0.3, -0.25) is 4.79 Å². The first-order chi connectivity index (χ1) is 12.9. The average Bonchev–Trinajstić information content (AvgIpc) is 2.95. The van der Waals surface area contributed by atoms with Gasteiger partial charge in [-0.15, -0.1) is 0 Å². The molecule has 0 N–H and O–H groups in total. The van der Waals surface area contributed by atoms with Gasteiger partial charge < -0.3 is 19.1 Å². The van der Waals surface area contributed by atoms with E-state index in [0.29, 0.717) is 22.6 Å². The summed E-state index contributed by atoms with van der Waals surface area (Å²) in [6.07, 6.45) is 1.71. The van der Waals surface area contributed by atoms with E-state index in [9.17, 15) is 9.59 Å². The molecule has 1 aliphatic heterocycles. The van der Waals surface area contributed by atoms with Crippen LogP contribution in [-0.4, -0.2) is 39.6 Å². The second-order valence-corrected chi connectivity index (χ2v) is 6.40. The minimum atomic E-state index is -0.512. The maximum Gasteiger partial charge on any atom is 0.337 e. The standard InChI is InChI=1S/C21H21NO5/c1-13-17(26-19(23)12-25-4)10-9-16-20(24)18(27-21(13)16)11-14-5-7-15(8-6-14)22(2)3/h5-11H,12H2,1-4H3/b18-11-. The summed E-state index contributed by atoms with van der Waals surface area (Å²) in [7, 11) is 5.35. The van der Waals surface area contributed by atoms with E-state index in [0.717, 1.165) is 11.3 Å². The van der Waals surface area contributed by atoms with Gasteiger partial charge in [0.15, 0.2) is 5.76 Å². The Kier molecular flexibility index (Phi) is 5.28. The molecule has 2 aromatic rings. The van der Waals surface area contributed by atoms with Gasteiger partial charge in [-0.2, -0.15) is 0 Å². The number of allylic oxidation sites excluding steroid dienone is 1. The normalized spacial score (nSPS) is 14.1. The van der Waals surface area contributed by atoms with Crippen LogP contribution < -0.4 is 14.4 Å². The van der Waals surface area contributed by atoms with Crippen LogP contribution in [0.25, 0.3) is 6.08 Å². The zero-order valence-corrected chi connectivity index (χ0v) is 15.7. The molecule has 0 radical (unpaired) electrons. The fourth-order valence-electron chi connectivity index (χ4n) is 2.77. The first-order valence-electron chi connectivity index (χ1n) is 8.45. The molecule has 27 heavy (non-hydrogen) atoms. The fraction of sp³-hybridized carbons (Fsp3) is 0.238. The number of benzene rings is 2. The summed E-state index contributed by atoms with van der Waals surface area (Å²) < 4.78 is 15.8. The largest absolute Gasteiger partial charge is 0.452 e. The molecule has 0 atom stereocenters. The van der Waals surface area contributed by atoms with Gasteiger partial charge in [-0.25, -0.2) is 4.79 Å². The highest BCUT2D eigenvalue weighted by molar-refractivity contribution is 6.15. The first kappa shape index (κ1) is 18.7. The Hall–Kier alpha value is -3.12. The third-order valence-corrected chi connectivity index (χ3v) is 4.23. The average molecular weight is 367 g/mol. The number of methoxy groups -OCH3 is 1. The molecule has 0 spiro atoms. The van der Waals surface area contributed by atoms with Crippen LogP contribution in [0.15, 0.2) is 42.2 Å². The zero-order chi connectivity index (χ0) is 19.6. The van der Waals surface area contributed by atoms with Gasteiger partial charge in [-0.1, -0.05) is 12.1 Å². The van der Waals surface area contributed by atoms with E-state index in [1.807, 2.05) is 43.3 Å². The maximum atomic E-state index is 12.6. The Labute approximate surface area is 158 Å². The van der Waals surface area contributed by atoms with Crippen molar-refractivity contribution in [3.05, 3.63) is 58.8 Å². The third kappa shape index (κ3) is 3.85. The van der Waals surface area contributed by atoms with Gasteiger partial charge >= 0.3 is 5.97 Å². The third-order valence-electron chi connectivity index (χ3n) is 4.23. The summed E-state index contributed by atoms with van der Waals surface area (Å²) >= 11 is 0. The van der Waals surface area contributed by atoms with Crippen LogP contribution in [0, 0.1) is 6.92 Å². The van der Waals surface area contributed by atoms with Crippen molar-refractivity contribution in [3.8, 4) is 11.5 Å². The SMILES string of the molecule is COCC(=O)Oc1ccc2c(c1C)O/C(=C\c1ccc(N(C)C)cc1)C2=O. The number of ether oxygens (including phenoxy) is 3. The summed E-state index contributed by atoms with van der Waals surface area (Å²) in [4.78, 5) is 26.3. The number of nitrogens with zero attached hydrogens (tertiary/aromatic N) is 1. The number of carbonyl (C=O) groups excluding carboxylic acids is 2. The van der Waals surface area contributed by atoms with E-state index in [4.69, 9.17) is 14.2 Å². The predicted octanol–water partition coefficient (Wildman–Crippen LogP) is 3.23. The lowest BCUT2D eigenvalue weighted by Gasteiger charge is -2.12. The molecule has 0 unspecified atom stereocenters. The van der Waals surface area contributed by atoms with Crippen LogP contribution in [0.5, 0.6) is 11.5 Å². The number of Topliss-reactive ketones (excluding diaryl/α,β-unsaturated/α-hetero) is 1. The van der Waals surface area contributed by atoms with Crippen LogP contribution in [0.3, 0.4) is 0 Å². The van der Waals surface area contributed by atoms with E-state index < -0.39 is 5.97 Å². The number of fused-ring (bicyclic) bond motifs is 1. The lowest BCUT2D eigenvalue weighted by Crippen LogP contribution is -2.14. The van der Waals surface area contributed by atoms with E-state index >= 15 is 0 Å². The Morgan fingerprint density at radius 3 is 2.48 bits per heavy atom. The molecule has 0 bridgehead atoms. The molecule has 1 aliphatic rings. The molecule has 0 aromatic heterocycles. The van der Waals surface area contributed by atoms with Gasteiger partial charge in [0.05, 0.1) is 5.56 Å². The summed E-state index contributed by atoms with van der Waals surface area (Å²) in [5.41, 5.74) is 2.98. The topological polar surface area (TPSA) is 65.1 Å². The molecule has 1 heterocycles. The van der Waals surface area contributed by atoms with E-state index in [-0.39, 0.29) is 18.1 Å². The second-order valence-electron chi connectivity index (χ2n) is 6.40. The highest BCUT2D eigenvalue weighted by Crippen LogP contribution is 2.39. The minimum Gasteiger partial charge on any atom is -0.452 e. The predicted molar refractivity (Wildman–Crippen MR) is 102 cm³/mol. The van der Waals surface area contributed by atoms with Crippen molar-refractivity contribution >= 4 is 23.5 Å². The Balaban J connectivity index is 1.86. The maximum absolute atomic E-state index is 12.6. The first-order valence-corrected chi connectivity index (χ1v) is 8.45. The summed E-state index contributed by atoms with van der Waals surface area (Å²) in [5.74, 6) is 0.298. The molecule has 2 aromatic carbocycles. The lowest BCUT2D eigenvalue weighted by molar-refractivity contribution is -0.138. The van der Waals surface area contributed by atoms with Gasteiger partial charge in [0, 0.05) is 32.5 Å². The number of hydrogen-bond acceptors (Lipinski definition) is 6. The van der Waals surface area contributed by atoms with Crippen LogP contribution in [0.4, 0.5) is 5.69 Å². The summed E-state index contributed by atoms with van der Waals surface area (Å²) in [6.45, 7) is 1.60. The molecule has 0 saturated carbocycles. The lowest BCUT2D eigenvalue weighted by atomic mass is 10.1. The smallest absolute Gasteiger partial charge is 0.337 e. The van der Waals surface area contributed by atoms with E-state index in [2.05, 4.69) is 0 Å². The molecule has 3 rings (SSSR count). The Bertz CT molecular complexity index is 913. The van der Waals surface area contributed by atoms with Gasteiger partial charge in [0.2, 0.25) is 5.78 Å². The molecule has 0 saturated heterocycles. The number of hydrogen-bond donors (Lipinski definition) is 0. The molecule has 6 nitrogen and oxygen atoms in total. The van der Waals surface area contributed by atoms with Crippen LogP contribution >= 0.6 is 0 Å². The molecular formula is C21H21NO5. The number of carbonyl (C=O) groups is 2. The van der Waals surface area contributed by atoms with E-state index in [1.54, 1.807) is 25.1 Å². The van der Waals surface area contributed by atoms with Crippen molar-refractivity contribution in [2.75, 3.05) is 32.7 Å². The van der Waals surface area contributed by atoms with Gasteiger partial charge in [0.25, 0.3) is 0 Å². The van der Waals surface area contributed by atoms with Crippen LogP contribution in [0.1, 0.15) is 21.5 Å². The van der Waals surface area contributed by atoms with Crippen molar-refractivity contribution in [2.24, 2.45) is 0 Å². The Morgan fingerprint density at radius 2 is 1.85 bits per heavy atom. The van der Waals surface area contributed by atoms with Crippen molar-refractivity contribution in [1.82, 2.24) is 0 Å². The second kappa shape index (κ2) is 7.63. The highest BCUT2D eigenvalue weighted by Gasteiger charge is 2.30. The van der Waals surface area contributed by atoms with Gasteiger partial charge in [0.1, 0.15) is 18.1 Å². The number of anilines is 1. The van der Waals surface area contributed by atoms with Crippen molar-refractivity contribution in [1.29, 1.82) is 0 Å². The molecule has 0 amide bonds. The molecule has 6 heteroatoms. The zero-order valence-electron chi connectivity index (χ0n) is 15.7. The van der Waals surface area contributed by atoms with Crippen LogP contribution in [0.2, 0.25) is 0 Å². The highest BCUT2D eigenvalue weighted by atomic mass is 16.6. The number of esters is 1. The number of rotatable bonds is 5. The molecule has 0 fully saturated rings. The molecular weight excluding hydrogens is 346 g/mol.